The Kier molecular flexibility index (Phi) is 4.73. The summed E-state index contributed by atoms with van der Waals surface area (Å²) >= 11 is 4.32. The normalized spacial score (nSPS) is 11.2. The number of primary amides is 1. The van der Waals surface area contributed by atoms with Crippen LogP contribution in [0.5, 0.6) is 0 Å². The van der Waals surface area contributed by atoms with Crippen LogP contribution < -0.4 is 11.5 Å². The Morgan fingerprint density at radius 2 is 2.35 bits per heavy atom. The smallest absolute Gasteiger partial charge is 0.259 e. The van der Waals surface area contributed by atoms with E-state index in [-0.39, 0.29) is 5.57 Å². The summed E-state index contributed by atoms with van der Waals surface area (Å²) in [5.74, 6) is -0.00147. The van der Waals surface area contributed by atoms with Crippen LogP contribution in [0.1, 0.15) is 10.4 Å². The van der Waals surface area contributed by atoms with Crippen molar-refractivity contribution < 1.29 is 4.79 Å². The zero-order valence-corrected chi connectivity index (χ0v) is 12.5. The first kappa shape index (κ1) is 14.5. The van der Waals surface area contributed by atoms with Gasteiger partial charge in [-0.2, -0.15) is 5.26 Å². The number of thiophene rings is 1. The number of thioether (sulfide) groups is 1. The first-order valence-electron chi connectivity index (χ1n) is 5.29. The zero-order chi connectivity index (χ0) is 14.5. The molecule has 0 aliphatic rings. The van der Waals surface area contributed by atoms with E-state index in [2.05, 4.69) is 10.2 Å². The molecule has 2 aromatic rings. The summed E-state index contributed by atoms with van der Waals surface area (Å²) in [6.07, 6.45) is 1.49. The fourth-order valence-corrected chi connectivity index (χ4v) is 3.79. The van der Waals surface area contributed by atoms with Crippen LogP contribution in [0.3, 0.4) is 0 Å². The Hall–Kier alpha value is -1.89. The van der Waals surface area contributed by atoms with Gasteiger partial charge in [-0.15, -0.1) is 21.5 Å². The second-order valence-electron chi connectivity index (χ2n) is 3.59. The van der Waals surface area contributed by atoms with Crippen LogP contribution in [0.4, 0.5) is 5.13 Å². The number of amides is 1. The summed E-state index contributed by atoms with van der Waals surface area (Å²) in [4.78, 5) is 11.8. The fraction of sp³-hybridized carbons (Fsp3) is 0.0909. The summed E-state index contributed by atoms with van der Waals surface area (Å²) in [6, 6.07) is 3.68. The molecule has 0 radical (unpaired) electrons. The van der Waals surface area contributed by atoms with Crippen LogP contribution in [0.25, 0.3) is 6.08 Å². The third-order valence-electron chi connectivity index (χ3n) is 2.13. The van der Waals surface area contributed by atoms with Crippen molar-refractivity contribution in [1.82, 2.24) is 10.2 Å². The van der Waals surface area contributed by atoms with Crippen LogP contribution >= 0.6 is 34.4 Å². The highest BCUT2D eigenvalue weighted by Crippen LogP contribution is 2.29. The average molecular weight is 323 g/mol. The molecule has 0 saturated heterocycles. The minimum Gasteiger partial charge on any atom is -0.374 e. The third kappa shape index (κ3) is 3.80. The van der Waals surface area contributed by atoms with Gasteiger partial charge in [0.25, 0.3) is 5.91 Å². The second kappa shape index (κ2) is 6.51. The third-order valence-corrected chi connectivity index (χ3v) is 5.02. The Balaban J connectivity index is 2.02. The molecule has 9 heteroatoms. The standard InChI is InChI=1S/C11H9N5OS3/c12-3-7(9(13)17)2-8-1-6(4-18-8)5-19-11-16-15-10(14)20-11/h1-2,4H,5H2,(H2,13,17)(H2,14,15). The van der Waals surface area contributed by atoms with Gasteiger partial charge in [-0.1, -0.05) is 23.1 Å². The molecule has 6 nitrogen and oxygen atoms in total. The molecule has 2 rings (SSSR count). The molecule has 0 fully saturated rings. The van der Waals surface area contributed by atoms with E-state index < -0.39 is 5.91 Å². The van der Waals surface area contributed by atoms with Gasteiger partial charge in [-0.05, 0) is 23.1 Å². The number of rotatable bonds is 5. The predicted molar refractivity (Wildman–Crippen MR) is 81.0 cm³/mol. The number of anilines is 1. The molecule has 0 aromatic carbocycles. The van der Waals surface area contributed by atoms with Crippen LogP contribution in [0.15, 0.2) is 21.4 Å². The summed E-state index contributed by atoms with van der Waals surface area (Å²) < 4.78 is 0.806. The number of aromatic nitrogens is 2. The number of hydrogen-bond acceptors (Lipinski definition) is 8. The molecule has 0 unspecified atom stereocenters. The van der Waals surface area contributed by atoms with Crippen molar-refractivity contribution in [3.8, 4) is 6.07 Å². The van der Waals surface area contributed by atoms with E-state index in [1.165, 1.54) is 40.5 Å². The van der Waals surface area contributed by atoms with Crippen molar-refractivity contribution in [2.24, 2.45) is 5.73 Å². The molecular formula is C11H9N5OS3. The molecule has 0 aliphatic heterocycles. The maximum absolute atomic E-state index is 11.0. The van der Waals surface area contributed by atoms with Crippen molar-refractivity contribution in [2.75, 3.05) is 5.73 Å². The number of carbonyl (C=O) groups excluding carboxylic acids is 1. The molecule has 0 bridgehead atoms. The molecule has 0 saturated carbocycles. The van der Waals surface area contributed by atoms with Crippen molar-refractivity contribution >= 4 is 51.6 Å². The molecule has 2 heterocycles. The van der Waals surface area contributed by atoms with Gasteiger partial charge in [-0.25, -0.2) is 0 Å². The van der Waals surface area contributed by atoms with E-state index in [4.69, 9.17) is 16.7 Å². The van der Waals surface area contributed by atoms with E-state index in [0.717, 1.165) is 20.5 Å². The van der Waals surface area contributed by atoms with Crippen LogP contribution in [-0.4, -0.2) is 16.1 Å². The van der Waals surface area contributed by atoms with E-state index in [1.807, 2.05) is 11.4 Å². The molecular weight excluding hydrogens is 314 g/mol. The Morgan fingerprint density at radius 3 is 2.95 bits per heavy atom. The van der Waals surface area contributed by atoms with Crippen LogP contribution in [-0.2, 0) is 10.5 Å². The summed E-state index contributed by atoms with van der Waals surface area (Å²) in [5.41, 5.74) is 11.6. The lowest BCUT2D eigenvalue weighted by Crippen LogP contribution is -2.12. The van der Waals surface area contributed by atoms with Crippen molar-refractivity contribution in [2.45, 2.75) is 10.1 Å². The first-order valence-corrected chi connectivity index (χ1v) is 7.97. The second-order valence-corrected chi connectivity index (χ2v) is 6.76. The Bertz CT molecular complexity index is 697. The highest BCUT2D eigenvalue weighted by Gasteiger charge is 2.07. The van der Waals surface area contributed by atoms with Crippen molar-refractivity contribution in [3.63, 3.8) is 0 Å². The molecule has 0 atom stereocenters. The summed E-state index contributed by atoms with van der Waals surface area (Å²) in [5, 5.41) is 18.8. The molecule has 2 aromatic heterocycles. The SMILES string of the molecule is N#CC(=Cc1cc(CSc2nnc(N)s2)cs1)C(N)=O. The largest absolute Gasteiger partial charge is 0.374 e. The maximum Gasteiger partial charge on any atom is 0.259 e. The van der Waals surface area contributed by atoms with E-state index in [9.17, 15) is 4.79 Å². The van der Waals surface area contributed by atoms with E-state index in [1.54, 1.807) is 6.07 Å². The number of hydrogen-bond donors (Lipinski definition) is 2. The number of nitrogens with zero attached hydrogens (tertiary/aromatic N) is 3. The lowest BCUT2D eigenvalue weighted by molar-refractivity contribution is -0.114. The fourth-order valence-electron chi connectivity index (χ4n) is 1.27. The molecule has 102 valence electrons. The summed E-state index contributed by atoms with van der Waals surface area (Å²) in [7, 11) is 0. The monoisotopic (exact) mass is 323 g/mol. The van der Waals surface area contributed by atoms with Gasteiger partial charge in [0.1, 0.15) is 11.6 Å². The molecule has 0 aliphatic carbocycles. The lowest BCUT2D eigenvalue weighted by atomic mass is 10.2. The van der Waals surface area contributed by atoms with Gasteiger partial charge in [0.2, 0.25) is 5.13 Å². The van der Waals surface area contributed by atoms with Gasteiger partial charge in [0.15, 0.2) is 4.34 Å². The highest BCUT2D eigenvalue weighted by molar-refractivity contribution is 8.00. The van der Waals surface area contributed by atoms with Crippen LogP contribution in [0.2, 0.25) is 0 Å². The molecule has 20 heavy (non-hydrogen) atoms. The zero-order valence-electron chi connectivity index (χ0n) is 10.1. The lowest BCUT2D eigenvalue weighted by Gasteiger charge is -1.92. The number of nitrogen functional groups attached to an aromatic ring is 1. The number of nitriles is 1. The quantitative estimate of drug-likeness (QED) is 0.492. The Morgan fingerprint density at radius 1 is 1.55 bits per heavy atom. The van der Waals surface area contributed by atoms with Crippen LogP contribution in [0, 0.1) is 11.3 Å². The number of carbonyl (C=O) groups is 1. The predicted octanol–water partition coefficient (Wildman–Crippen LogP) is 1.87. The van der Waals surface area contributed by atoms with Gasteiger partial charge in [-0.3, -0.25) is 4.79 Å². The van der Waals surface area contributed by atoms with Crippen molar-refractivity contribution in [3.05, 3.63) is 27.5 Å². The minimum atomic E-state index is -0.721. The maximum atomic E-state index is 11.0. The topological polar surface area (TPSA) is 119 Å². The van der Waals surface area contributed by atoms with E-state index >= 15 is 0 Å². The minimum absolute atomic E-state index is 0.0528. The molecule has 1 amide bonds. The molecule has 4 N–H and O–H groups in total. The molecule has 0 spiro atoms. The first-order chi connectivity index (χ1) is 9.58. The Labute approximate surface area is 127 Å². The van der Waals surface area contributed by atoms with Gasteiger partial charge >= 0.3 is 0 Å². The van der Waals surface area contributed by atoms with Gasteiger partial charge < -0.3 is 11.5 Å². The van der Waals surface area contributed by atoms with Gasteiger partial charge in [0.05, 0.1) is 0 Å². The van der Waals surface area contributed by atoms with Gasteiger partial charge in [0, 0.05) is 10.6 Å². The van der Waals surface area contributed by atoms with E-state index in [0.29, 0.717) is 5.13 Å². The van der Waals surface area contributed by atoms with Crippen molar-refractivity contribution in [1.29, 1.82) is 5.26 Å². The number of nitrogens with two attached hydrogens (primary N) is 2. The highest BCUT2D eigenvalue weighted by atomic mass is 32.2. The average Bonchev–Trinajstić information content (AvgIpc) is 3.02. The summed E-state index contributed by atoms with van der Waals surface area (Å²) in [6.45, 7) is 0.